The number of methoxy groups -OCH3 is 1. The summed E-state index contributed by atoms with van der Waals surface area (Å²) >= 11 is 13.0. The molecule has 0 fully saturated rings. The first-order chi connectivity index (χ1) is 11.1. The van der Waals surface area contributed by atoms with Gasteiger partial charge in [-0.25, -0.2) is 0 Å². The fraction of sp³-hybridized carbons (Fsp3) is 0.368. The smallest absolute Gasteiger partial charge is 0.156 e. The van der Waals surface area contributed by atoms with Crippen LogP contribution in [0.15, 0.2) is 30.3 Å². The number of halogens is 3. The van der Waals surface area contributed by atoms with Crippen molar-refractivity contribution in [3.8, 4) is 5.75 Å². The Kier molecular flexibility index (Phi) is 6.82. The zero-order valence-corrected chi connectivity index (χ0v) is 16.3. The van der Waals surface area contributed by atoms with E-state index < -0.39 is 0 Å². The SMILES string of the molecule is COc1c(Cl)cc2c(c1Cl)Cc1ccccc1CCN(C)CC2.Cl. The van der Waals surface area contributed by atoms with Gasteiger partial charge in [0.15, 0.2) is 5.75 Å². The Labute approximate surface area is 160 Å². The average molecular weight is 387 g/mol. The van der Waals surface area contributed by atoms with Gasteiger partial charge in [0, 0.05) is 13.1 Å². The van der Waals surface area contributed by atoms with Gasteiger partial charge in [0.2, 0.25) is 0 Å². The maximum absolute atomic E-state index is 6.63. The molecule has 0 aliphatic carbocycles. The van der Waals surface area contributed by atoms with Crippen LogP contribution in [0.5, 0.6) is 5.75 Å². The van der Waals surface area contributed by atoms with Gasteiger partial charge < -0.3 is 9.64 Å². The molecule has 2 aromatic rings. The highest BCUT2D eigenvalue weighted by Gasteiger charge is 2.19. The van der Waals surface area contributed by atoms with Crippen molar-refractivity contribution in [2.24, 2.45) is 0 Å². The lowest BCUT2D eigenvalue weighted by Gasteiger charge is -2.23. The third-order valence-corrected chi connectivity index (χ3v) is 5.27. The maximum atomic E-state index is 6.63. The first kappa shape index (κ1) is 19.4. The summed E-state index contributed by atoms with van der Waals surface area (Å²) in [6.07, 6.45) is 2.82. The topological polar surface area (TPSA) is 12.5 Å². The molecule has 1 aliphatic heterocycles. The number of nitrogens with zero attached hydrogens (tertiary/aromatic N) is 1. The van der Waals surface area contributed by atoms with Crippen molar-refractivity contribution < 1.29 is 4.74 Å². The molecule has 24 heavy (non-hydrogen) atoms. The van der Waals surface area contributed by atoms with Crippen molar-refractivity contribution >= 4 is 35.6 Å². The highest BCUT2D eigenvalue weighted by molar-refractivity contribution is 6.37. The van der Waals surface area contributed by atoms with E-state index in [4.69, 9.17) is 27.9 Å². The molecule has 0 unspecified atom stereocenters. The summed E-state index contributed by atoms with van der Waals surface area (Å²) in [5.41, 5.74) is 5.06. The molecule has 0 amide bonds. The van der Waals surface area contributed by atoms with Crippen LogP contribution < -0.4 is 4.74 Å². The van der Waals surface area contributed by atoms with Crippen molar-refractivity contribution in [3.05, 3.63) is 62.6 Å². The highest BCUT2D eigenvalue weighted by atomic mass is 35.5. The third-order valence-electron chi connectivity index (χ3n) is 4.59. The van der Waals surface area contributed by atoms with E-state index in [1.165, 1.54) is 16.7 Å². The second kappa shape index (κ2) is 8.44. The minimum Gasteiger partial charge on any atom is -0.494 e. The van der Waals surface area contributed by atoms with E-state index in [9.17, 15) is 0 Å². The highest BCUT2D eigenvalue weighted by Crippen LogP contribution is 2.39. The molecule has 0 radical (unpaired) electrons. The van der Waals surface area contributed by atoms with Crippen molar-refractivity contribution in [1.82, 2.24) is 4.90 Å². The maximum Gasteiger partial charge on any atom is 0.156 e. The summed E-state index contributed by atoms with van der Waals surface area (Å²) in [5, 5.41) is 1.23. The summed E-state index contributed by atoms with van der Waals surface area (Å²) in [4.78, 5) is 2.36. The van der Waals surface area contributed by atoms with Gasteiger partial charge in [-0.3, -0.25) is 0 Å². The van der Waals surface area contributed by atoms with Gasteiger partial charge in [0.1, 0.15) is 0 Å². The van der Waals surface area contributed by atoms with E-state index in [2.05, 4.69) is 36.2 Å². The number of fused-ring (bicyclic) bond motifs is 2. The van der Waals surface area contributed by atoms with Gasteiger partial charge in [-0.05, 0) is 54.6 Å². The predicted octanol–water partition coefficient (Wildman–Crippen LogP) is 5.05. The number of benzene rings is 2. The minimum absolute atomic E-state index is 0. The van der Waals surface area contributed by atoms with Crippen LogP contribution in [0.1, 0.15) is 22.3 Å². The number of rotatable bonds is 1. The molecule has 0 spiro atoms. The van der Waals surface area contributed by atoms with Crippen molar-refractivity contribution in [2.75, 3.05) is 27.2 Å². The molecular formula is C19H22Cl3NO. The predicted molar refractivity (Wildman–Crippen MR) is 104 cm³/mol. The van der Waals surface area contributed by atoms with Crippen LogP contribution in [0.4, 0.5) is 0 Å². The molecule has 0 atom stereocenters. The van der Waals surface area contributed by atoms with Gasteiger partial charge >= 0.3 is 0 Å². The van der Waals surface area contributed by atoms with Gasteiger partial charge in [-0.2, -0.15) is 0 Å². The number of likely N-dealkylation sites (N-methyl/N-ethyl adjacent to an activating group) is 1. The monoisotopic (exact) mass is 385 g/mol. The zero-order valence-electron chi connectivity index (χ0n) is 13.9. The number of hydrogen-bond acceptors (Lipinski definition) is 2. The van der Waals surface area contributed by atoms with Gasteiger partial charge in [0.25, 0.3) is 0 Å². The van der Waals surface area contributed by atoms with E-state index in [-0.39, 0.29) is 12.4 Å². The molecule has 130 valence electrons. The van der Waals surface area contributed by atoms with Crippen LogP contribution >= 0.6 is 35.6 Å². The lowest BCUT2D eigenvalue weighted by Crippen LogP contribution is -2.25. The first-order valence-corrected chi connectivity index (χ1v) is 8.64. The van der Waals surface area contributed by atoms with E-state index in [0.29, 0.717) is 15.8 Å². The van der Waals surface area contributed by atoms with Crippen molar-refractivity contribution in [3.63, 3.8) is 0 Å². The zero-order chi connectivity index (χ0) is 16.4. The number of hydrogen-bond donors (Lipinski definition) is 0. The molecule has 1 heterocycles. The second-order valence-electron chi connectivity index (χ2n) is 6.09. The van der Waals surface area contributed by atoms with Crippen LogP contribution in [0, 0.1) is 0 Å². The quantitative estimate of drug-likeness (QED) is 0.680. The Balaban J connectivity index is 0.00000208. The van der Waals surface area contributed by atoms with E-state index in [1.807, 2.05) is 6.07 Å². The van der Waals surface area contributed by atoms with Gasteiger partial charge in [0.05, 0.1) is 17.2 Å². The Bertz CT molecular complexity index is 718. The summed E-state index contributed by atoms with van der Waals surface area (Å²) < 4.78 is 5.40. The van der Waals surface area contributed by atoms with Crippen LogP contribution in [-0.2, 0) is 19.3 Å². The Morgan fingerprint density at radius 1 is 1.00 bits per heavy atom. The summed E-state index contributed by atoms with van der Waals surface area (Å²) in [5.74, 6) is 0.579. The Morgan fingerprint density at radius 2 is 1.62 bits per heavy atom. The standard InChI is InChI=1S/C19H21Cl2NO.ClH/c1-22-9-7-13-5-3-4-6-14(13)11-16-15(8-10-22)12-17(20)19(23-2)18(16)21;/h3-6,12H,7-11H2,1-2H3;1H. The summed E-state index contributed by atoms with van der Waals surface area (Å²) in [7, 11) is 3.78. The van der Waals surface area contributed by atoms with E-state index in [0.717, 1.165) is 37.9 Å². The molecule has 3 rings (SSSR count). The summed E-state index contributed by atoms with van der Waals surface area (Å²) in [6, 6.07) is 10.6. The molecule has 0 saturated heterocycles. The Morgan fingerprint density at radius 3 is 2.29 bits per heavy atom. The molecule has 0 N–H and O–H groups in total. The van der Waals surface area contributed by atoms with Crippen LogP contribution in [0.25, 0.3) is 0 Å². The van der Waals surface area contributed by atoms with E-state index >= 15 is 0 Å². The molecule has 2 nitrogen and oxygen atoms in total. The molecular weight excluding hydrogens is 365 g/mol. The second-order valence-corrected chi connectivity index (χ2v) is 6.88. The molecule has 0 aromatic heterocycles. The molecule has 0 bridgehead atoms. The Hall–Kier alpha value is -0.930. The molecule has 2 aromatic carbocycles. The summed E-state index contributed by atoms with van der Waals surface area (Å²) in [6.45, 7) is 2.05. The first-order valence-electron chi connectivity index (χ1n) is 7.89. The fourth-order valence-electron chi connectivity index (χ4n) is 3.19. The normalized spacial score (nSPS) is 15.0. The lowest BCUT2D eigenvalue weighted by molar-refractivity contribution is 0.341. The average Bonchev–Trinajstić information content (AvgIpc) is 2.55. The van der Waals surface area contributed by atoms with Gasteiger partial charge in [-0.1, -0.05) is 47.5 Å². The minimum atomic E-state index is 0. The van der Waals surface area contributed by atoms with Crippen molar-refractivity contribution in [2.45, 2.75) is 19.3 Å². The van der Waals surface area contributed by atoms with Crippen LogP contribution in [0.3, 0.4) is 0 Å². The van der Waals surface area contributed by atoms with E-state index in [1.54, 1.807) is 7.11 Å². The molecule has 0 saturated carbocycles. The number of ether oxygens (including phenoxy) is 1. The lowest BCUT2D eigenvalue weighted by atomic mass is 9.92. The molecule has 5 heteroatoms. The fourth-order valence-corrected chi connectivity index (χ4v) is 3.91. The van der Waals surface area contributed by atoms with Crippen LogP contribution in [0.2, 0.25) is 10.0 Å². The van der Waals surface area contributed by atoms with Crippen LogP contribution in [-0.4, -0.2) is 32.1 Å². The third kappa shape index (κ3) is 4.00. The van der Waals surface area contributed by atoms with Gasteiger partial charge in [-0.15, -0.1) is 12.4 Å². The molecule has 1 aliphatic rings. The largest absolute Gasteiger partial charge is 0.494 e. The van der Waals surface area contributed by atoms with Crippen molar-refractivity contribution in [1.29, 1.82) is 0 Å².